The second kappa shape index (κ2) is 18.9. The van der Waals surface area contributed by atoms with E-state index in [0.717, 1.165) is 51.8 Å². The molecule has 2 aliphatic carbocycles. The van der Waals surface area contributed by atoms with Crippen molar-refractivity contribution in [2.75, 3.05) is 26.3 Å². The van der Waals surface area contributed by atoms with Crippen LogP contribution >= 0.6 is 0 Å². The minimum Gasteiger partial charge on any atom is -0.507 e. The van der Waals surface area contributed by atoms with Gasteiger partial charge in [-0.2, -0.15) is 0 Å². The largest absolute Gasteiger partial charge is 0.507 e. The topological polar surface area (TPSA) is 159 Å². The number of ether oxygens (including phenoxy) is 5. The number of hydrogen-bond acceptors (Lipinski definition) is 11. The maximum absolute atomic E-state index is 13.0. The fourth-order valence-electron chi connectivity index (χ4n) is 7.90. The van der Waals surface area contributed by atoms with Crippen LogP contribution in [-0.4, -0.2) is 78.9 Å². The molecule has 0 bridgehead atoms. The lowest BCUT2D eigenvalue weighted by Crippen LogP contribution is -2.34. The van der Waals surface area contributed by atoms with E-state index in [-0.39, 0.29) is 18.0 Å². The summed E-state index contributed by atoms with van der Waals surface area (Å²) in [7, 11) is 0. The molecule has 6 rings (SSSR count). The van der Waals surface area contributed by atoms with Crippen molar-refractivity contribution in [2.24, 2.45) is 4.99 Å². The van der Waals surface area contributed by atoms with E-state index in [1.165, 1.54) is 11.6 Å². The fraction of sp³-hybridized carbons (Fsp3) is 0.545. The normalized spacial score (nSPS) is 23.7. The number of isocyanates is 1. The number of aliphatic hydroxyl groups is 1. The number of hydrogen-bond donors (Lipinski definition) is 2. The van der Waals surface area contributed by atoms with Gasteiger partial charge < -0.3 is 34.1 Å². The van der Waals surface area contributed by atoms with Crippen molar-refractivity contribution >= 4 is 35.3 Å². The van der Waals surface area contributed by atoms with E-state index in [1.54, 1.807) is 6.92 Å². The van der Waals surface area contributed by atoms with Crippen LogP contribution in [0.3, 0.4) is 0 Å². The van der Waals surface area contributed by atoms with Gasteiger partial charge in [0, 0.05) is 39.1 Å². The Morgan fingerprint density at radius 3 is 1.71 bits per heavy atom. The molecule has 12 heteroatoms. The Morgan fingerprint density at radius 1 is 0.768 bits per heavy atom. The Morgan fingerprint density at radius 2 is 1.23 bits per heavy atom. The number of alkyl carbamates (subject to hydrolysis) is 1. The molecule has 2 spiro atoms. The summed E-state index contributed by atoms with van der Waals surface area (Å²) in [6.07, 6.45) is 4.60. The van der Waals surface area contributed by atoms with Gasteiger partial charge in [0.25, 0.3) is 0 Å². The Labute approximate surface area is 330 Å². The Balaban J connectivity index is 0.000000225. The molecule has 2 aliphatic heterocycles. The summed E-state index contributed by atoms with van der Waals surface area (Å²) < 4.78 is 28.6. The lowest BCUT2D eigenvalue weighted by atomic mass is 9.91. The molecule has 2 aromatic carbocycles. The number of nitrogens with one attached hydrogen (secondary N) is 1. The smallest absolute Gasteiger partial charge is 0.412 e. The molecule has 4 aliphatic rings. The zero-order valence-electron chi connectivity index (χ0n) is 34.6. The highest BCUT2D eigenvalue weighted by Crippen LogP contribution is 2.50. The van der Waals surface area contributed by atoms with Crippen LogP contribution in [0.2, 0.25) is 0 Å². The van der Waals surface area contributed by atoms with E-state index >= 15 is 0 Å². The molecule has 0 aromatic heterocycles. The van der Waals surface area contributed by atoms with Crippen LogP contribution in [0, 0.1) is 41.5 Å². The summed E-state index contributed by atoms with van der Waals surface area (Å²) in [6, 6.07) is 8.01. The van der Waals surface area contributed by atoms with Crippen molar-refractivity contribution in [3.63, 3.8) is 0 Å². The molecule has 2 saturated carbocycles. The lowest BCUT2D eigenvalue weighted by molar-refractivity contribution is -0.148. The number of nitrogens with zero attached hydrogens (tertiary/aromatic N) is 1. The standard InChI is InChI=1S/C22H29NO5.C19H24O4.C3H5NO/c1-6-23-21(25)27-19-18(17-11-14(4)13(3)10-15(17)5)20(24)28-22(19)9-8-16(12-22)26-7-2;1-5-22-14-6-7-19(10-14)17(20)16(18(21)23-19)15-9-12(3)11(2)8-13(15)4;1-2-4-3-5/h10-11,16H,6-9,12H2,1-5H3,(H,23,25);8-9,14,20H,5-7,10H2,1-4H3;2H2,1H3. The van der Waals surface area contributed by atoms with E-state index < -0.39 is 29.2 Å². The number of aliphatic hydroxyl groups excluding tert-OH is 1. The van der Waals surface area contributed by atoms with Gasteiger partial charge in [-0.3, -0.25) is 0 Å². The number of amides is 1. The quantitative estimate of drug-likeness (QED) is 0.110. The molecule has 0 saturated heterocycles. The molecule has 2 heterocycles. The summed E-state index contributed by atoms with van der Waals surface area (Å²) in [4.78, 5) is 50.0. The van der Waals surface area contributed by atoms with Crippen molar-refractivity contribution in [3.8, 4) is 0 Å². The van der Waals surface area contributed by atoms with Gasteiger partial charge in [0.15, 0.2) is 22.7 Å². The van der Waals surface area contributed by atoms with E-state index in [9.17, 15) is 19.5 Å². The third-order valence-corrected chi connectivity index (χ3v) is 10.9. The third-order valence-electron chi connectivity index (χ3n) is 10.9. The highest BCUT2D eigenvalue weighted by Gasteiger charge is 2.56. The monoisotopic (exact) mass is 774 g/mol. The molecule has 304 valence electrons. The molecule has 4 unspecified atom stereocenters. The molecule has 4 atom stereocenters. The molecule has 56 heavy (non-hydrogen) atoms. The van der Waals surface area contributed by atoms with Crippen LogP contribution in [0.4, 0.5) is 4.79 Å². The first-order valence-electron chi connectivity index (χ1n) is 19.6. The molecule has 2 fully saturated rings. The predicted octanol–water partition coefficient (Wildman–Crippen LogP) is 8.06. The lowest BCUT2D eigenvalue weighted by Gasteiger charge is -2.25. The predicted molar refractivity (Wildman–Crippen MR) is 213 cm³/mol. The van der Waals surface area contributed by atoms with Crippen molar-refractivity contribution < 1.29 is 48.0 Å². The van der Waals surface area contributed by atoms with Crippen LogP contribution in [0.15, 0.2) is 40.8 Å². The SMILES string of the molecule is CCN=C=O.CCNC(=O)OC1=C(c2cc(C)c(C)cc2C)C(=O)OC12CCC(OCC)C2.CCOC1CCC2(C1)OC(=O)C(c1cc(C)c(C)cc1C)=C2O. The Bertz CT molecular complexity index is 1930. The van der Waals surface area contributed by atoms with Crippen LogP contribution in [0.1, 0.15) is 111 Å². The second-order valence-electron chi connectivity index (χ2n) is 14.8. The number of rotatable bonds is 9. The average Bonchev–Trinajstić information content (AvgIpc) is 3.87. The molecular weight excluding hydrogens is 716 g/mol. The van der Waals surface area contributed by atoms with E-state index in [2.05, 4.69) is 10.3 Å². The van der Waals surface area contributed by atoms with Crippen LogP contribution < -0.4 is 5.32 Å². The summed E-state index contributed by atoms with van der Waals surface area (Å²) in [6.45, 7) is 21.7. The summed E-state index contributed by atoms with van der Waals surface area (Å²) in [5.74, 6) is -0.470. The second-order valence-corrected chi connectivity index (χ2v) is 14.8. The van der Waals surface area contributed by atoms with Crippen molar-refractivity contribution in [2.45, 2.75) is 131 Å². The highest BCUT2D eigenvalue weighted by atomic mass is 16.6. The number of carbonyl (C=O) groups excluding carboxylic acids is 4. The van der Waals surface area contributed by atoms with Gasteiger partial charge >= 0.3 is 18.0 Å². The summed E-state index contributed by atoms with van der Waals surface area (Å²) >= 11 is 0. The number of aliphatic imine (C=N–C) groups is 1. The maximum Gasteiger partial charge on any atom is 0.412 e. The van der Waals surface area contributed by atoms with Crippen LogP contribution in [0.5, 0.6) is 0 Å². The number of carbonyl (C=O) groups is 3. The number of aryl methyl sites for hydroxylation is 6. The maximum atomic E-state index is 13.0. The van der Waals surface area contributed by atoms with Gasteiger partial charge in [0.1, 0.15) is 11.1 Å². The zero-order valence-corrected chi connectivity index (χ0v) is 34.6. The van der Waals surface area contributed by atoms with Gasteiger partial charge in [-0.1, -0.05) is 24.3 Å². The zero-order chi connectivity index (χ0) is 41.4. The van der Waals surface area contributed by atoms with E-state index in [1.807, 2.05) is 86.6 Å². The third kappa shape index (κ3) is 9.42. The van der Waals surface area contributed by atoms with Crippen molar-refractivity contribution in [3.05, 3.63) is 80.3 Å². The van der Waals surface area contributed by atoms with Crippen molar-refractivity contribution in [1.82, 2.24) is 5.32 Å². The number of benzene rings is 2. The first-order chi connectivity index (χ1) is 26.6. The van der Waals surface area contributed by atoms with Gasteiger partial charge in [-0.15, -0.1) is 0 Å². The highest BCUT2D eigenvalue weighted by molar-refractivity contribution is 6.21. The molecule has 1 amide bonds. The van der Waals surface area contributed by atoms with Crippen LogP contribution in [0.25, 0.3) is 11.1 Å². The fourth-order valence-corrected chi connectivity index (χ4v) is 7.90. The Hall–Kier alpha value is -4.77. The minimum absolute atomic E-state index is 0.0224. The van der Waals surface area contributed by atoms with E-state index in [0.29, 0.717) is 68.9 Å². The first-order valence-corrected chi connectivity index (χ1v) is 19.6. The minimum atomic E-state index is -0.942. The number of esters is 2. The molecular formula is C44H58N2O10. The van der Waals surface area contributed by atoms with E-state index in [4.69, 9.17) is 28.5 Å². The molecule has 12 nitrogen and oxygen atoms in total. The van der Waals surface area contributed by atoms with Gasteiger partial charge in [0.05, 0.1) is 12.2 Å². The molecule has 2 N–H and O–H groups in total. The Kier molecular flexibility index (Phi) is 14.8. The first kappa shape index (κ1) is 44.0. The summed E-state index contributed by atoms with van der Waals surface area (Å²) in [5, 5.41) is 13.5. The van der Waals surface area contributed by atoms with Crippen LogP contribution in [-0.2, 0) is 38.1 Å². The van der Waals surface area contributed by atoms with Gasteiger partial charge in [-0.25, -0.2) is 24.2 Å². The van der Waals surface area contributed by atoms with Crippen molar-refractivity contribution in [1.29, 1.82) is 0 Å². The average molecular weight is 775 g/mol. The summed E-state index contributed by atoms with van der Waals surface area (Å²) in [5.41, 5.74) is 6.77. The van der Waals surface area contributed by atoms with Gasteiger partial charge in [-0.05, 0) is 139 Å². The molecule has 2 aromatic rings. The molecule has 0 radical (unpaired) electrons. The van der Waals surface area contributed by atoms with Gasteiger partial charge in [0.2, 0.25) is 6.08 Å².